The molecule has 0 aliphatic heterocycles. The summed E-state index contributed by atoms with van der Waals surface area (Å²) in [5.74, 6) is 2.26. The van der Waals surface area contributed by atoms with Gasteiger partial charge < -0.3 is 14.2 Å². The predicted octanol–water partition coefficient (Wildman–Crippen LogP) is 5.53. The maximum absolute atomic E-state index is 13.3. The van der Waals surface area contributed by atoms with Crippen LogP contribution >= 0.6 is 0 Å². The Morgan fingerprint density at radius 2 is 1.87 bits per heavy atom. The lowest BCUT2D eigenvalue weighted by Gasteiger charge is -2.24. The molecule has 0 atom stereocenters. The molecule has 1 amide bonds. The van der Waals surface area contributed by atoms with E-state index in [9.17, 15) is 4.79 Å². The van der Waals surface area contributed by atoms with Gasteiger partial charge in [0.15, 0.2) is 0 Å². The second kappa shape index (κ2) is 10.3. The van der Waals surface area contributed by atoms with E-state index in [0.29, 0.717) is 24.6 Å². The number of hydrogen-bond donors (Lipinski definition) is 0. The van der Waals surface area contributed by atoms with Gasteiger partial charge in [0.05, 0.1) is 24.7 Å². The zero-order chi connectivity index (χ0) is 21.5. The molecule has 5 heteroatoms. The summed E-state index contributed by atoms with van der Waals surface area (Å²) in [5, 5.41) is 0. The van der Waals surface area contributed by atoms with Gasteiger partial charge in [-0.25, -0.2) is 4.98 Å². The van der Waals surface area contributed by atoms with Crippen molar-refractivity contribution < 1.29 is 9.53 Å². The van der Waals surface area contributed by atoms with Crippen LogP contribution in [0, 0.1) is 5.92 Å². The molecule has 5 nitrogen and oxygen atoms in total. The molecule has 0 aliphatic carbocycles. The van der Waals surface area contributed by atoms with Crippen LogP contribution in [0.1, 0.15) is 56.2 Å². The normalized spacial score (nSPS) is 11.2. The van der Waals surface area contributed by atoms with Crippen LogP contribution in [0.2, 0.25) is 0 Å². The molecule has 3 aromatic rings. The Kier molecular flexibility index (Phi) is 7.50. The first kappa shape index (κ1) is 21.9. The SMILES string of the molecule is CCCCn1c(CN(CCC(C)C)C(=O)c2ccc(OC)cc2)nc2ccccc21. The molecule has 1 aromatic heterocycles. The number of ether oxygens (including phenoxy) is 1. The topological polar surface area (TPSA) is 47.4 Å². The van der Waals surface area contributed by atoms with Crippen LogP contribution < -0.4 is 4.74 Å². The van der Waals surface area contributed by atoms with Crippen molar-refractivity contribution in [2.75, 3.05) is 13.7 Å². The first-order valence-corrected chi connectivity index (χ1v) is 10.9. The minimum atomic E-state index is 0.0346. The highest BCUT2D eigenvalue weighted by atomic mass is 16.5. The van der Waals surface area contributed by atoms with Crippen molar-refractivity contribution in [1.29, 1.82) is 0 Å². The van der Waals surface area contributed by atoms with Crippen molar-refractivity contribution in [2.45, 2.75) is 53.1 Å². The standard InChI is InChI=1S/C25H33N3O2/c1-5-6-16-28-23-10-8-7-9-22(23)26-24(28)18-27(17-15-19(2)3)25(29)20-11-13-21(30-4)14-12-20/h7-14,19H,5-6,15-18H2,1-4H3. The van der Waals surface area contributed by atoms with Gasteiger partial charge in [-0.2, -0.15) is 0 Å². The van der Waals surface area contributed by atoms with Crippen LogP contribution in [0.4, 0.5) is 0 Å². The van der Waals surface area contributed by atoms with Gasteiger partial charge in [-0.1, -0.05) is 39.3 Å². The third-order valence-corrected chi connectivity index (χ3v) is 5.40. The monoisotopic (exact) mass is 407 g/mol. The highest BCUT2D eigenvalue weighted by Gasteiger charge is 2.20. The van der Waals surface area contributed by atoms with E-state index in [0.717, 1.165) is 48.4 Å². The Balaban J connectivity index is 1.91. The zero-order valence-electron chi connectivity index (χ0n) is 18.6. The summed E-state index contributed by atoms with van der Waals surface area (Å²) in [6.45, 7) is 8.70. The Labute approximate surface area is 179 Å². The van der Waals surface area contributed by atoms with E-state index in [-0.39, 0.29) is 5.91 Å². The molecular formula is C25H33N3O2. The minimum absolute atomic E-state index is 0.0346. The van der Waals surface area contributed by atoms with Crippen LogP contribution in [-0.2, 0) is 13.1 Å². The van der Waals surface area contributed by atoms with Gasteiger partial charge in [0.25, 0.3) is 5.91 Å². The number of rotatable bonds is 10. The molecule has 160 valence electrons. The number of benzene rings is 2. The number of imidazole rings is 1. The van der Waals surface area contributed by atoms with Crippen molar-refractivity contribution in [3.63, 3.8) is 0 Å². The molecule has 0 fully saturated rings. The number of unbranched alkanes of at least 4 members (excludes halogenated alkanes) is 1. The first-order valence-electron chi connectivity index (χ1n) is 10.9. The smallest absolute Gasteiger partial charge is 0.254 e. The number of para-hydroxylation sites is 2. The lowest BCUT2D eigenvalue weighted by molar-refractivity contribution is 0.0729. The quantitative estimate of drug-likeness (QED) is 0.444. The number of aromatic nitrogens is 2. The van der Waals surface area contributed by atoms with Crippen LogP contribution in [-0.4, -0.2) is 34.0 Å². The number of carbonyl (C=O) groups is 1. The number of fused-ring (bicyclic) bond motifs is 1. The average Bonchev–Trinajstić information content (AvgIpc) is 3.11. The van der Waals surface area contributed by atoms with E-state index in [2.05, 4.69) is 37.5 Å². The fourth-order valence-electron chi connectivity index (χ4n) is 3.57. The lowest BCUT2D eigenvalue weighted by atomic mass is 10.1. The lowest BCUT2D eigenvalue weighted by Crippen LogP contribution is -2.33. The van der Waals surface area contributed by atoms with E-state index in [1.807, 2.05) is 41.3 Å². The van der Waals surface area contributed by atoms with Gasteiger partial charge in [-0.3, -0.25) is 4.79 Å². The van der Waals surface area contributed by atoms with Gasteiger partial charge in [-0.15, -0.1) is 0 Å². The average molecular weight is 408 g/mol. The number of aryl methyl sites for hydroxylation is 1. The second-order valence-electron chi connectivity index (χ2n) is 8.16. The Bertz CT molecular complexity index is 960. The third kappa shape index (κ3) is 5.21. The van der Waals surface area contributed by atoms with Crippen LogP contribution in [0.15, 0.2) is 48.5 Å². The number of nitrogens with zero attached hydrogens (tertiary/aromatic N) is 3. The van der Waals surface area contributed by atoms with E-state index >= 15 is 0 Å². The van der Waals surface area contributed by atoms with Gasteiger partial charge >= 0.3 is 0 Å². The van der Waals surface area contributed by atoms with Crippen molar-refractivity contribution in [2.24, 2.45) is 5.92 Å². The first-order chi connectivity index (χ1) is 14.5. The highest BCUT2D eigenvalue weighted by molar-refractivity contribution is 5.94. The van der Waals surface area contributed by atoms with E-state index in [1.54, 1.807) is 7.11 Å². The Morgan fingerprint density at radius 1 is 1.13 bits per heavy atom. The molecular weight excluding hydrogens is 374 g/mol. The summed E-state index contributed by atoms with van der Waals surface area (Å²) in [4.78, 5) is 20.2. The minimum Gasteiger partial charge on any atom is -0.497 e. The van der Waals surface area contributed by atoms with Crippen LogP contribution in [0.3, 0.4) is 0 Å². The van der Waals surface area contributed by atoms with Crippen molar-refractivity contribution >= 4 is 16.9 Å². The summed E-state index contributed by atoms with van der Waals surface area (Å²) in [6.07, 6.45) is 3.16. The molecule has 1 heterocycles. The largest absolute Gasteiger partial charge is 0.497 e. The maximum atomic E-state index is 13.3. The molecule has 2 aromatic carbocycles. The summed E-state index contributed by atoms with van der Waals surface area (Å²) in [7, 11) is 1.63. The van der Waals surface area contributed by atoms with E-state index < -0.39 is 0 Å². The molecule has 0 unspecified atom stereocenters. The van der Waals surface area contributed by atoms with Crippen LogP contribution in [0.25, 0.3) is 11.0 Å². The molecule has 0 aliphatic rings. The molecule has 0 saturated heterocycles. The summed E-state index contributed by atoms with van der Waals surface area (Å²) in [5.41, 5.74) is 2.81. The Hall–Kier alpha value is -2.82. The van der Waals surface area contributed by atoms with E-state index in [4.69, 9.17) is 9.72 Å². The molecule has 0 radical (unpaired) electrons. The molecule has 0 spiro atoms. The van der Waals surface area contributed by atoms with Gasteiger partial charge in [0, 0.05) is 18.7 Å². The second-order valence-corrected chi connectivity index (χ2v) is 8.16. The molecule has 0 N–H and O–H groups in total. The molecule has 0 saturated carbocycles. The predicted molar refractivity (Wildman–Crippen MR) is 122 cm³/mol. The third-order valence-electron chi connectivity index (χ3n) is 5.40. The van der Waals surface area contributed by atoms with Crippen LogP contribution in [0.5, 0.6) is 5.75 Å². The Morgan fingerprint density at radius 3 is 2.53 bits per heavy atom. The molecule has 3 rings (SSSR count). The molecule has 0 bridgehead atoms. The van der Waals surface area contributed by atoms with Crippen molar-refractivity contribution in [1.82, 2.24) is 14.5 Å². The van der Waals surface area contributed by atoms with Crippen molar-refractivity contribution in [3.05, 3.63) is 59.9 Å². The summed E-state index contributed by atoms with van der Waals surface area (Å²) >= 11 is 0. The summed E-state index contributed by atoms with van der Waals surface area (Å²) in [6, 6.07) is 15.6. The number of hydrogen-bond acceptors (Lipinski definition) is 3. The fraction of sp³-hybridized carbons (Fsp3) is 0.440. The van der Waals surface area contributed by atoms with Gasteiger partial charge in [-0.05, 0) is 55.2 Å². The molecule has 30 heavy (non-hydrogen) atoms. The fourth-order valence-corrected chi connectivity index (χ4v) is 3.57. The van der Waals surface area contributed by atoms with Gasteiger partial charge in [0.1, 0.15) is 11.6 Å². The number of carbonyl (C=O) groups excluding carboxylic acids is 1. The van der Waals surface area contributed by atoms with Gasteiger partial charge in [0.2, 0.25) is 0 Å². The number of methoxy groups -OCH3 is 1. The van der Waals surface area contributed by atoms with E-state index in [1.165, 1.54) is 0 Å². The highest BCUT2D eigenvalue weighted by Crippen LogP contribution is 2.21. The van der Waals surface area contributed by atoms with Crippen molar-refractivity contribution in [3.8, 4) is 5.75 Å². The number of amides is 1. The maximum Gasteiger partial charge on any atom is 0.254 e. The zero-order valence-corrected chi connectivity index (χ0v) is 18.6. The summed E-state index contributed by atoms with van der Waals surface area (Å²) < 4.78 is 7.51.